The average Bonchev–Trinajstić information content (AvgIpc) is 2.73. The summed E-state index contributed by atoms with van der Waals surface area (Å²) in [6.45, 7) is 4.13. The molecule has 1 aliphatic rings. The summed E-state index contributed by atoms with van der Waals surface area (Å²) in [5.74, 6) is 0.296. The Morgan fingerprint density at radius 2 is 1.83 bits per heavy atom. The lowest BCUT2D eigenvalue weighted by atomic mass is 10.1. The number of methoxy groups -OCH3 is 1. The fraction of sp³-hybridized carbons (Fsp3) is 0.381. The summed E-state index contributed by atoms with van der Waals surface area (Å²) >= 11 is 6.13. The van der Waals surface area contributed by atoms with E-state index in [-0.39, 0.29) is 12.5 Å². The van der Waals surface area contributed by atoms with E-state index in [1.807, 2.05) is 25.1 Å². The van der Waals surface area contributed by atoms with Crippen LogP contribution in [0.5, 0.6) is 5.75 Å². The second-order valence-corrected chi connectivity index (χ2v) is 9.61. The van der Waals surface area contributed by atoms with Crippen LogP contribution in [0.2, 0.25) is 5.02 Å². The average molecular weight is 452 g/mol. The van der Waals surface area contributed by atoms with Gasteiger partial charge in [0.2, 0.25) is 15.9 Å². The van der Waals surface area contributed by atoms with Gasteiger partial charge in [-0.05, 0) is 36.8 Å². The van der Waals surface area contributed by atoms with E-state index in [2.05, 4.69) is 4.90 Å². The van der Waals surface area contributed by atoms with Crippen molar-refractivity contribution in [3.8, 4) is 5.75 Å². The van der Waals surface area contributed by atoms with Crippen molar-refractivity contribution >= 4 is 38.9 Å². The van der Waals surface area contributed by atoms with Crippen LogP contribution in [0.25, 0.3) is 0 Å². The minimum Gasteiger partial charge on any atom is -0.497 e. The fourth-order valence-electron chi connectivity index (χ4n) is 3.51. The number of hydrogen-bond donors (Lipinski definition) is 0. The van der Waals surface area contributed by atoms with E-state index in [1.54, 1.807) is 29.2 Å². The number of benzene rings is 2. The summed E-state index contributed by atoms with van der Waals surface area (Å²) in [5, 5.41) is 0.677. The Morgan fingerprint density at radius 1 is 1.13 bits per heavy atom. The van der Waals surface area contributed by atoms with Gasteiger partial charge in [-0.25, -0.2) is 8.42 Å². The number of nitrogens with zero attached hydrogens (tertiary/aromatic N) is 3. The van der Waals surface area contributed by atoms with Crippen molar-refractivity contribution in [2.75, 3.05) is 55.3 Å². The molecule has 0 bridgehead atoms. The van der Waals surface area contributed by atoms with Gasteiger partial charge in [0.05, 0.1) is 19.1 Å². The highest BCUT2D eigenvalue weighted by atomic mass is 35.5. The van der Waals surface area contributed by atoms with Crippen molar-refractivity contribution in [1.29, 1.82) is 0 Å². The van der Waals surface area contributed by atoms with Gasteiger partial charge in [0.25, 0.3) is 0 Å². The largest absolute Gasteiger partial charge is 0.497 e. The third kappa shape index (κ3) is 5.17. The number of anilines is 2. The molecule has 0 saturated carbocycles. The van der Waals surface area contributed by atoms with Gasteiger partial charge in [0, 0.05) is 43.0 Å². The van der Waals surface area contributed by atoms with Gasteiger partial charge in [-0.2, -0.15) is 0 Å². The van der Waals surface area contributed by atoms with Gasteiger partial charge in [-0.15, -0.1) is 0 Å². The zero-order valence-corrected chi connectivity index (χ0v) is 18.9. The number of carbonyl (C=O) groups excluding carboxylic acids is 1. The maximum Gasteiger partial charge on any atom is 0.243 e. The van der Waals surface area contributed by atoms with Gasteiger partial charge < -0.3 is 14.5 Å². The van der Waals surface area contributed by atoms with E-state index in [0.29, 0.717) is 42.6 Å². The molecule has 1 heterocycles. The lowest BCUT2D eigenvalue weighted by Crippen LogP contribution is -2.52. The first-order valence-electron chi connectivity index (χ1n) is 9.59. The highest BCUT2D eigenvalue weighted by Gasteiger charge is 2.27. The molecule has 0 aromatic heterocycles. The van der Waals surface area contributed by atoms with E-state index >= 15 is 0 Å². The fourth-order valence-corrected chi connectivity index (χ4v) is 4.52. The molecule has 162 valence electrons. The highest BCUT2D eigenvalue weighted by molar-refractivity contribution is 7.92. The van der Waals surface area contributed by atoms with Crippen LogP contribution in [0.4, 0.5) is 11.4 Å². The van der Waals surface area contributed by atoms with E-state index in [1.165, 1.54) is 7.11 Å². The van der Waals surface area contributed by atoms with Crippen LogP contribution in [0.1, 0.15) is 5.56 Å². The number of aryl methyl sites for hydroxylation is 1. The Balaban J connectivity index is 1.69. The van der Waals surface area contributed by atoms with Gasteiger partial charge in [-0.3, -0.25) is 9.10 Å². The quantitative estimate of drug-likeness (QED) is 0.675. The molecule has 1 amide bonds. The lowest BCUT2D eigenvalue weighted by Gasteiger charge is -2.37. The van der Waals surface area contributed by atoms with Crippen molar-refractivity contribution in [3.63, 3.8) is 0 Å². The summed E-state index contributed by atoms with van der Waals surface area (Å²) in [6, 6.07) is 12.4. The molecule has 0 aliphatic carbocycles. The van der Waals surface area contributed by atoms with Gasteiger partial charge in [-0.1, -0.05) is 23.7 Å². The van der Waals surface area contributed by atoms with Crippen molar-refractivity contribution in [2.45, 2.75) is 6.92 Å². The molecule has 0 N–H and O–H groups in total. The SMILES string of the molecule is COc1cccc(N(CC(=O)N2CCN(c3cc(Cl)ccc3C)CC2)S(C)(=O)=O)c1. The number of halogens is 1. The number of carbonyl (C=O) groups is 1. The first-order chi connectivity index (χ1) is 14.2. The van der Waals surface area contributed by atoms with Gasteiger partial charge >= 0.3 is 0 Å². The molecule has 2 aromatic rings. The first-order valence-corrected chi connectivity index (χ1v) is 11.8. The Hall–Kier alpha value is -2.45. The smallest absolute Gasteiger partial charge is 0.243 e. The Kier molecular flexibility index (Phi) is 6.77. The van der Waals surface area contributed by atoms with E-state index in [9.17, 15) is 13.2 Å². The standard InChI is InChI=1S/C21H26ClN3O4S/c1-16-7-8-17(22)13-20(16)23-9-11-24(12-10-23)21(26)15-25(30(3,27)28)18-5-4-6-19(14-18)29-2/h4-8,13-14H,9-12,15H2,1-3H3. The second kappa shape index (κ2) is 9.14. The molecule has 0 spiro atoms. The lowest BCUT2D eigenvalue weighted by molar-refractivity contribution is -0.129. The Bertz CT molecular complexity index is 1020. The van der Waals surface area contributed by atoms with Crippen LogP contribution in [0, 0.1) is 6.92 Å². The van der Waals surface area contributed by atoms with Crippen molar-refractivity contribution in [3.05, 3.63) is 53.1 Å². The van der Waals surface area contributed by atoms with Crippen LogP contribution in [-0.4, -0.2) is 65.3 Å². The monoisotopic (exact) mass is 451 g/mol. The van der Waals surface area contributed by atoms with E-state index < -0.39 is 10.0 Å². The zero-order valence-electron chi connectivity index (χ0n) is 17.3. The van der Waals surface area contributed by atoms with Crippen LogP contribution in [0.3, 0.4) is 0 Å². The maximum atomic E-state index is 12.9. The molecular weight excluding hydrogens is 426 g/mol. The van der Waals surface area contributed by atoms with E-state index in [4.69, 9.17) is 16.3 Å². The summed E-state index contributed by atoms with van der Waals surface area (Å²) in [7, 11) is -2.13. The second-order valence-electron chi connectivity index (χ2n) is 7.27. The molecule has 0 radical (unpaired) electrons. The summed E-state index contributed by atoms with van der Waals surface area (Å²) in [6.07, 6.45) is 1.10. The molecule has 3 rings (SSSR count). The predicted octanol–water partition coefficient (Wildman–Crippen LogP) is 2.77. The van der Waals surface area contributed by atoms with Crippen LogP contribution in [0.15, 0.2) is 42.5 Å². The van der Waals surface area contributed by atoms with Crippen LogP contribution in [-0.2, 0) is 14.8 Å². The number of rotatable bonds is 6. The third-order valence-corrected chi connectivity index (χ3v) is 6.54. The van der Waals surface area contributed by atoms with Crippen LogP contribution >= 0.6 is 11.6 Å². The highest BCUT2D eigenvalue weighted by Crippen LogP contribution is 2.26. The molecule has 0 unspecified atom stereocenters. The number of sulfonamides is 1. The minimum absolute atomic E-state index is 0.231. The van der Waals surface area contributed by atoms with Crippen molar-refractivity contribution in [1.82, 2.24) is 4.90 Å². The van der Waals surface area contributed by atoms with Crippen molar-refractivity contribution in [2.24, 2.45) is 0 Å². The number of piperazine rings is 1. The molecule has 30 heavy (non-hydrogen) atoms. The summed E-state index contributed by atoms with van der Waals surface area (Å²) in [4.78, 5) is 16.8. The molecule has 1 fully saturated rings. The first kappa shape index (κ1) is 22.2. The molecular formula is C21H26ClN3O4S. The number of amides is 1. The summed E-state index contributed by atoms with van der Waals surface area (Å²) in [5.41, 5.74) is 2.59. The third-order valence-electron chi connectivity index (χ3n) is 5.16. The predicted molar refractivity (Wildman–Crippen MR) is 120 cm³/mol. The van der Waals surface area contributed by atoms with Gasteiger partial charge in [0.15, 0.2) is 0 Å². The minimum atomic E-state index is -3.64. The number of ether oxygens (including phenoxy) is 1. The molecule has 1 aliphatic heterocycles. The maximum absolute atomic E-state index is 12.9. The Morgan fingerprint density at radius 3 is 2.47 bits per heavy atom. The van der Waals surface area contributed by atoms with Gasteiger partial charge in [0.1, 0.15) is 12.3 Å². The molecule has 9 heteroatoms. The van der Waals surface area contributed by atoms with Crippen molar-refractivity contribution < 1.29 is 17.9 Å². The zero-order chi connectivity index (χ0) is 21.9. The van der Waals surface area contributed by atoms with E-state index in [0.717, 1.165) is 21.8 Å². The molecule has 2 aromatic carbocycles. The molecule has 7 nitrogen and oxygen atoms in total. The van der Waals surface area contributed by atoms with Crippen LogP contribution < -0.4 is 13.9 Å². The normalized spacial score (nSPS) is 14.5. The topological polar surface area (TPSA) is 70.2 Å². The molecule has 1 saturated heterocycles. The Labute approximate surface area is 182 Å². The summed E-state index contributed by atoms with van der Waals surface area (Å²) < 4.78 is 31.0. The molecule has 0 atom stereocenters. The number of hydrogen-bond acceptors (Lipinski definition) is 5.